The van der Waals surface area contributed by atoms with Crippen LogP contribution in [0.4, 0.5) is 4.79 Å². The monoisotopic (exact) mass is 440 g/mol. The predicted molar refractivity (Wildman–Crippen MR) is 120 cm³/mol. The topological polar surface area (TPSA) is 81.0 Å². The second kappa shape index (κ2) is 9.36. The summed E-state index contributed by atoms with van der Waals surface area (Å²) in [5.74, 6) is 1.15. The number of carbonyl (C=O) groups is 1. The van der Waals surface area contributed by atoms with E-state index in [2.05, 4.69) is 34.5 Å². The highest BCUT2D eigenvalue weighted by Crippen LogP contribution is 2.27. The van der Waals surface area contributed by atoms with E-state index >= 15 is 0 Å². The molecule has 7 nitrogen and oxygen atoms in total. The van der Waals surface area contributed by atoms with Crippen LogP contribution in [0.25, 0.3) is 0 Å². The number of ether oxygens (including phenoxy) is 2. The van der Waals surface area contributed by atoms with Gasteiger partial charge in [0.25, 0.3) is 0 Å². The Morgan fingerprint density at radius 3 is 2.56 bits per heavy atom. The van der Waals surface area contributed by atoms with E-state index in [9.17, 15) is 9.59 Å². The molecule has 32 heavy (non-hydrogen) atoms. The van der Waals surface area contributed by atoms with Crippen LogP contribution in [-0.4, -0.2) is 29.2 Å². The summed E-state index contributed by atoms with van der Waals surface area (Å²) >= 11 is 0. The molecule has 0 bridgehead atoms. The SMILES string of the molecule is CC(C)(C)OC(=O)NC1CC[C@H](COc2coc(CN3Cc4ccccc4C3)cc2=O)C1. The maximum atomic E-state index is 12.5. The second-order valence-electron chi connectivity index (χ2n) is 9.82. The minimum atomic E-state index is -0.510. The average molecular weight is 441 g/mol. The van der Waals surface area contributed by atoms with Crippen LogP contribution in [-0.2, 0) is 24.4 Å². The molecule has 4 rings (SSSR count). The zero-order valence-electron chi connectivity index (χ0n) is 19.1. The number of nitrogens with zero attached hydrogens (tertiary/aromatic N) is 1. The van der Waals surface area contributed by atoms with Crippen molar-refractivity contribution in [2.24, 2.45) is 5.92 Å². The van der Waals surface area contributed by atoms with Gasteiger partial charge in [-0.25, -0.2) is 4.79 Å². The summed E-state index contributed by atoms with van der Waals surface area (Å²) in [4.78, 5) is 26.7. The Morgan fingerprint density at radius 1 is 1.19 bits per heavy atom. The van der Waals surface area contributed by atoms with E-state index in [1.807, 2.05) is 20.8 Å². The third-order valence-corrected chi connectivity index (χ3v) is 5.87. The van der Waals surface area contributed by atoms with Crippen molar-refractivity contribution in [2.45, 2.75) is 71.3 Å². The summed E-state index contributed by atoms with van der Waals surface area (Å²) < 4.78 is 16.8. The van der Waals surface area contributed by atoms with E-state index in [4.69, 9.17) is 13.9 Å². The molecule has 0 saturated heterocycles. The zero-order chi connectivity index (χ0) is 22.7. The van der Waals surface area contributed by atoms with Gasteiger partial charge in [-0.1, -0.05) is 24.3 Å². The molecule has 7 heteroatoms. The van der Waals surface area contributed by atoms with E-state index < -0.39 is 5.60 Å². The lowest BCUT2D eigenvalue weighted by molar-refractivity contribution is 0.0504. The molecule has 1 aliphatic heterocycles. The van der Waals surface area contributed by atoms with Crippen LogP contribution in [0.5, 0.6) is 5.75 Å². The molecular weight excluding hydrogens is 408 g/mol. The number of rotatable bonds is 6. The Morgan fingerprint density at radius 2 is 1.91 bits per heavy atom. The van der Waals surface area contributed by atoms with Crippen molar-refractivity contribution in [1.29, 1.82) is 0 Å². The first kappa shape index (κ1) is 22.4. The maximum absolute atomic E-state index is 12.5. The van der Waals surface area contributed by atoms with Gasteiger partial charge < -0.3 is 19.2 Å². The van der Waals surface area contributed by atoms with Gasteiger partial charge in [-0.3, -0.25) is 9.69 Å². The molecule has 1 aromatic carbocycles. The van der Waals surface area contributed by atoms with Crippen LogP contribution < -0.4 is 15.5 Å². The smallest absolute Gasteiger partial charge is 0.407 e. The molecular formula is C25H32N2O5. The summed E-state index contributed by atoms with van der Waals surface area (Å²) in [5.41, 5.74) is 1.98. The van der Waals surface area contributed by atoms with Crippen LogP contribution >= 0.6 is 0 Å². The first-order valence-electron chi connectivity index (χ1n) is 11.3. The maximum Gasteiger partial charge on any atom is 0.407 e. The number of benzene rings is 1. The van der Waals surface area contributed by atoms with Crippen LogP contribution in [0.15, 0.2) is 45.8 Å². The van der Waals surface area contributed by atoms with Crippen LogP contribution in [0.1, 0.15) is 56.9 Å². The first-order chi connectivity index (χ1) is 15.2. The number of hydrogen-bond donors (Lipinski definition) is 1. The van der Waals surface area contributed by atoms with E-state index in [0.29, 0.717) is 18.9 Å². The van der Waals surface area contributed by atoms with E-state index in [1.54, 1.807) is 0 Å². The molecule has 0 spiro atoms. The Balaban J connectivity index is 1.23. The predicted octanol–water partition coefficient (Wildman–Crippen LogP) is 4.23. The summed E-state index contributed by atoms with van der Waals surface area (Å²) in [6.07, 6.45) is 3.64. The molecule has 2 heterocycles. The largest absolute Gasteiger partial charge is 0.486 e. The Hall–Kier alpha value is -2.80. The highest BCUT2D eigenvalue weighted by Gasteiger charge is 2.28. The van der Waals surface area contributed by atoms with Gasteiger partial charge in [0, 0.05) is 25.2 Å². The summed E-state index contributed by atoms with van der Waals surface area (Å²) in [7, 11) is 0. The quantitative estimate of drug-likeness (QED) is 0.724. The van der Waals surface area contributed by atoms with Crippen molar-refractivity contribution in [3.05, 3.63) is 63.7 Å². The normalized spacial score (nSPS) is 20.7. The molecule has 172 valence electrons. The van der Waals surface area contributed by atoms with Gasteiger partial charge >= 0.3 is 6.09 Å². The first-order valence-corrected chi connectivity index (χ1v) is 11.3. The molecule has 1 unspecified atom stereocenters. The van der Waals surface area contributed by atoms with Crippen LogP contribution in [0.3, 0.4) is 0 Å². The molecule has 2 atom stereocenters. The van der Waals surface area contributed by atoms with Crippen LogP contribution in [0, 0.1) is 5.92 Å². The number of fused-ring (bicyclic) bond motifs is 1. The third-order valence-electron chi connectivity index (χ3n) is 5.87. The summed E-state index contributed by atoms with van der Waals surface area (Å²) in [5, 5.41) is 2.92. The lowest BCUT2D eigenvalue weighted by Crippen LogP contribution is -2.38. The van der Waals surface area contributed by atoms with Crippen molar-refractivity contribution >= 4 is 6.09 Å². The number of amides is 1. The summed E-state index contributed by atoms with van der Waals surface area (Å²) in [6, 6.07) is 9.98. The minimum absolute atomic E-state index is 0.0711. The van der Waals surface area contributed by atoms with Gasteiger partial charge in [-0.05, 0) is 57.1 Å². The van der Waals surface area contributed by atoms with Crippen molar-refractivity contribution in [2.75, 3.05) is 6.61 Å². The van der Waals surface area contributed by atoms with Crippen molar-refractivity contribution < 1.29 is 18.7 Å². The van der Waals surface area contributed by atoms with E-state index in [-0.39, 0.29) is 29.2 Å². The average Bonchev–Trinajstić information content (AvgIpc) is 3.31. The Bertz CT molecular complexity index is 985. The van der Waals surface area contributed by atoms with Gasteiger partial charge in [0.05, 0.1) is 13.2 Å². The number of carbonyl (C=O) groups excluding carboxylic acids is 1. The van der Waals surface area contributed by atoms with Gasteiger partial charge in [0.15, 0.2) is 0 Å². The lowest BCUT2D eigenvalue weighted by Gasteiger charge is -2.21. The van der Waals surface area contributed by atoms with E-state index in [0.717, 1.165) is 32.4 Å². The fourth-order valence-electron chi connectivity index (χ4n) is 4.40. The number of nitrogens with one attached hydrogen (secondary N) is 1. The van der Waals surface area contributed by atoms with Crippen molar-refractivity contribution in [3.63, 3.8) is 0 Å². The molecule has 1 saturated carbocycles. The van der Waals surface area contributed by atoms with Gasteiger partial charge in [0.1, 0.15) is 17.6 Å². The summed E-state index contributed by atoms with van der Waals surface area (Å²) in [6.45, 7) is 8.27. The second-order valence-corrected chi connectivity index (χ2v) is 9.82. The lowest BCUT2D eigenvalue weighted by atomic mass is 10.1. The molecule has 2 aliphatic rings. The van der Waals surface area contributed by atoms with Gasteiger partial charge in [-0.15, -0.1) is 0 Å². The van der Waals surface area contributed by atoms with Crippen LogP contribution in [0.2, 0.25) is 0 Å². The fraction of sp³-hybridized carbons (Fsp3) is 0.520. The molecule has 1 aromatic heterocycles. The number of alkyl carbamates (subject to hydrolysis) is 1. The van der Waals surface area contributed by atoms with E-state index in [1.165, 1.54) is 23.5 Å². The molecule has 1 aliphatic carbocycles. The number of hydrogen-bond acceptors (Lipinski definition) is 6. The highest BCUT2D eigenvalue weighted by atomic mass is 16.6. The van der Waals surface area contributed by atoms with Gasteiger partial charge in [-0.2, -0.15) is 0 Å². The minimum Gasteiger partial charge on any atom is -0.486 e. The Kier molecular flexibility index (Phi) is 6.55. The molecule has 2 aromatic rings. The van der Waals surface area contributed by atoms with Crippen molar-refractivity contribution in [1.82, 2.24) is 10.2 Å². The fourth-order valence-corrected chi connectivity index (χ4v) is 4.40. The van der Waals surface area contributed by atoms with Crippen molar-refractivity contribution in [3.8, 4) is 5.75 Å². The molecule has 0 radical (unpaired) electrons. The third kappa shape index (κ3) is 5.91. The molecule has 1 N–H and O–H groups in total. The molecule has 1 fully saturated rings. The highest BCUT2D eigenvalue weighted by molar-refractivity contribution is 5.68. The standard InChI is InChI=1S/C25H32N2O5/c1-25(2,3)32-24(29)26-20-9-8-17(10-20)15-31-23-16-30-21(11-22(23)28)14-27-12-18-6-4-5-7-19(18)13-27/h4-7,11,16-17,20H,8-10,12-15H2,1-3H3,(H,26,29)/t17-,20?/m0/s1. The Labute approximate surface area is 188 Å². The van der Waals surface area contributed by atoms with Gasteiger partial charge in [0.2, 0.25) is 11.2 Å². The molecule has 1 amide bonds. The zero-order valence-corrected chi connectivity index (χ0v) is 19.1.